The smallest absolute Gasteiger partial charge is 0.261 e. The number of hydrogen-bond acceptors (Lipinski definition) is 4. The van der Waals surface area contributed by atoms with Gasteiger partial charge in [0, 0.05) is 10.9 Å². The average molecular weight is 401 g/mol. The Hall–Kier alpha value is -3.44. The molecule has 0 unspecified atom stereocenters. The normalized spacial score (nSPS) is 10.6. The standard InChI is InChI=1S/C24H20N2O2S/c1-16-12-13-18(14-17(16)2)21-15-29-24(25-21)26-23(27)20-10-6-7-11-22(20)28-19-8-4-3-5-9-19/h3-15H,1-2H3,(H,25,26,27). The number of benzene rings is 3. The molecule has 0 bridgehead atoms. The van der Waals surface area contributed by atoms with Gasteiger partial charge in [-0.1, -0.05) is 42.5 Å². The molecule has 0 saturated carbocycles. The maximum atomic E-state index is 12.8. The quantitative estimate of drug-likeness (QED) is 0.417. The summed E-state index contributed by atoms with van der Waals surface area (Å²) in [6, 6.07) is 22.8. The Labute approximate surface area is 173 Å². The molecule has 1 aromatic heterocycles. The molecular formula is C24H20N2O2S. The van der Waals surface area contributed by atoms with Crippen LogP contribution in [0.25, 0.3) is 11.3 Å². The number of aromatic nitrogens is 1. The number of amides is 1. The maximum absolute atomic E-state index is 12.8. The number of thiazole rings is 1. The molecule has 4 rings (SSSR count). The van der Waals surface area contributed by atoms with E-state index in [0.717, 1.165) is 11.3 Å². The third-order valence-corrected chi connectivity index (χ3v) is 5.39. The number of nitrogens with one attached hydrogen (secondary N) is 1. The summed E-state index contributed by atoms with van der Waals surface area (Å²) in [6.45, 7) is 4.17. The van der Waals surface area contributed by atoms with Gasteiger partial charge in [-0.2, -0.15) is 0 Å². The molecule has 3 aromatic carbocycles. The van der Waals surface area contributed by atoms with Crippen LogP contribution >= 0.6 is 11.3 Å². The molecule has 0 fully saturated rings. The Morgan fingerprint density at radius 2 is 1.69 bits per heavy atom. The molecule has 0 spiro atoms. The third-order valence-electron chi connectivity index (χ3n) is 4.63. The largest absolute Gasteiger partial charge is 0.457 e. The Balaban J connectivity index is 1.53. The molecule has 144 valence electrons. The zero-order valence-corrected chi connectivity index (χ0v) is 17.0. The molecule has 4 aromatic rings. The highest BCUT2D eigenvalue weighted by atomic mass is 32.1. The number of hydrogen-bond donors (Lipinski definition) is 1. The van der Waals surface area contributed by atoms with E-state index in [1.54, 1.807) is 12.1 Å². The van der Waals surface area contributed by atoms with E-state index in [-0.39, 0.29) is 5.91 Å². The second kappa shape index (κ2) is 8.29. The van der Waals surface area contributed by atoms with Gasteiger partial charge in [0.15, 0.2) is 5.13 Å². The molecule has 0 saturated heterocycles. The SMILES string of the molecule is Cc1ccc(-c2csc(NC(=O)c3ccccc3Oc3ccccc3)n2)cc1C. The summed E-state index contributed by atoms with van der Waals surface area (Å²) in [7, 11) is 0. The molecule has 0 aliphatic carbocycles. The van der Waals surface area contributed by atoms with Gasteiger partial charge in [-0.25, -0.2) is 4.98 Å². The second-order valence-corrected chi connectivity index (χ2v) is 7.56. The topological polar surface area (TPSA) is 51.2 Å². The molecule has 0 atom stereocenters. The Kier molecular flexibility index (Phi) is 5.40. The number of carbonyl (C=O) groups is 1. The molecule has 5 heteroatoms. The number of ether oxygens (including phenoxy) is 1. The van der Waals surface area contributed by atoms with Crippen molar-refractivity contribution in [1.82, 2.24) is 4.98 Å². The van der Waals surface area contributed by atoms with Crippen LogP contribution < -0.4 is 10.1 Å². The predicted molar refractivity (Wildman–Crippen MR) is 118 cm³/mol. The van der Waals surface area contributed by atoms with E-state index >= 15 is 0 Å². The summed E-state index contributed by atoms with van der Waals surface area (Å²) < 4.78 is 5.89. The predicted octanol–water partition coefficient (Wildman–Crippen LogP) is 6.47. The first kappa shape index (κ1) is 18.9. The number of para-hydroxylation sites is 2. The van der Waals surface area contributed by atoms with E-state index in [1.807, 2.05) is 53.9 Å². The first-order valence-corrected chi connectivity index (χ1v) is 10.1. The van der Waals surface area contributed by atoms with Crippen molar-refractivity contribution in [2.75, 3.05) is 5.32 Å². The lowest BCUT2D eigenvalue weighted by Crippen LogP contribution is -2.12. The van der Waals surface area contributed by atoms with Crippen LogP contribution in [0, 0.1) is 13.8 Å². The first-order chi connectivity index (χ1) is 14.1. The van der Waals surface area contributed by atoms with Crippen LogP contribution in [-0.2, 0) is 0 Å². The van der Waals surface area contributed by atoms with E-state index in [4.69, 9.17) is 4.74 Å². The van der Waals surface area contributed by atoms with Crippen LogP contribution in [0.1, 0.15) is 21.5 Å². The number of anilines is 1. The monoisotopic (exact) mass is 400 g/mol. The number of carbonyl (C=O) groups excluding carboxylic acids is 1. The minimum atomic E-state index is -0.252. The van der Waals surface area contributed by atoms with Gasteiger partial charge in [0.2, 0.25) is 0 Å². The van der Waals surface area contributed by atoms with Crippen LogP contribution in [0.2, 0.25) is 0 Å². The van der Waals surface area contributed by atoms with Crippen LogP contribution in [0.5, 0.6) is 11.5 Å². The Morgan fingerprint density at radius 3 is 2.48 bits per heavy atom. The molecule has 1 amide bonds. The fraction of sp³-hybridized carbons (Fsp3) is 0.0833. The summed E-state index contributed by atoms with van der Waals surface area (Å²) in [5.74, 6) is 0.929. The molecule has 0 aliphatic heterocycles. The highest BCUT2D eigenvalue weighted by molar-refractivity contribution is 7.14. The van der Waals surface area contributed by atoms with Crippen molar-refractivity contribution in [3.8, 4) is 22.8 Å². The molecule has 1 N–H and O–H groups in total. The van der Waals surface area contributed by atoms with Gasteiger partial charge in [0.1, 0.15) is 11.5 Å². The van der Waals surface area contributed by atoms with Gasteiger partial charge >= 0.3 is 0 Å². The summed E-state index contributed by atoms with van der Waals surface area (Å²) in [6.07, 6.45) is 0. The summed E-state index contributed by atoms with van der Waals surface area (Å²) >= 11 is 1.40. The second-order valence-electron chi connectivity index (χ2n) is 6.70. The highest BCUT2D eigenvalue weighted by Crippen LogP contribution is 2.29. The molecule has 0 aliphatic rings. The van der Waals surface area contributed by atoms with Crippen molar-refractivity contribution < 1.29 is 9.53 Å². The van der Waals surface area contributed by atoms with E-state index in [9.17, 15) is 4.79 Å². The molecule has 0 radical (unpaired) electrons. The van der Waals surface area contributed by atoms with E-state index in [0.29, 0.717) is 22.2 Å². The van der Waals surface area contributed by atoms with Crippen molar-refractivity contribution in [3.05, 3.63) is 94.9 Å². The Morgan fingerprint density at radius 1 is 0.931 bits per heavy atom. The van der Waals surface area contributed by atoms with Crippen molar-refractivity contribution in [2.45, 2.75) is 13.8 Å². The fourth-order valence-corrected chi connectivity index (χ4v) is 3.60. The van der Waals surface area contributed by atoms with Crippen molar-refractivity contribution in [1.29, 1.82) is 0 Å². The zero-order chi connectivity index (χ0) is 20.2. The number of nitrogens with zero attached hydrogens (tertiary/aromatic N) is 1. The van der Waals surface area contributed by atoms with Crippen LogP contribution in [0.4, 0.5) is 5.13 Å². The van der Waals surface area contributed by atoms with E-state index in [2.05, 4.69) is 36.3 Å². The van der Waals surface area contributed by atoms with Gasteiger partial charge in [-0.3, -0.25) is 10.1 Å². The highest BCUT2D eigenvalue weighted by Gasteiger charge is 2.15. The van der Waals surface area contributed by atoms with E-state index < -0.39 is 0 Å². The van der Waals surface area contributed by atoms with Gasteiger partial charge in [0.25, 0.3) is 5.91 Å². The third kappa shape index (κ3) is 4.36. The summed E-state index contributed by atoms with van der Waals surface area (Å²) in [4.78, 5) is 17.4. The summed E-state index contributed by atoms with van der Waals surface area (Å²) in [5, 5.41) is 5.39. The average Bonchev–Trinajstić information content (AvgIpc) is 3.19. The van der Waals surface area contributed by atoms with Gasteiger partial charge in [-0.15, -0.1) is 11.3 Å². The first-order valence-electron chi connectivity index (χ1n) is 9.26. The van der Waals surface area contributed by atoms with Crippen LogP contribution in [-0.4, -0.2) is 10.9 Å². The van der Waals surface area contributed by atoms with Crippen LogP contribution in [0.3, 0.4) is 0 Å². The molecule has 4 nitrogen and oxygen atoms in total. The summed E-state index contributed by atoms with van der Waals surface area (Å²) in [5.41, 5.74) is 4.81. The lowest BCUT2D eigenvalue weighted by molar-refractivity contribution is 0.102. The van der Waals surface area contributed by atoms with Crippen molar-refractivity contribution >= 4 is 22.4 Å². The van der Waals surface area contributed by atoms with Gasteiger partial charge in [-0.05, 0) is 55.3 Å². The lowest BCUT2D eigenvalue weighted by atomic mass is 10.1. The van der Waals surface area contributed by atoms with E-state index in [1.165, 1.54) is 22.5 Å². The zero-order valence-electron chi connectivity index (χ0n) is 16.2. The van der Waals surface area contributed by atoms with Gasteiger partial charge < -0.3 is 4.74 Å². The number of aryl methyl sites for hydroxylation is 2. The molecule has 1 heterocycles. The van der Waals surface area contributed by atoms with Crippen molar-refractivity contribution in [2.24, 2.45) is 0 Å². The maximum Gasteiger partial charge on any atom is 0.261 e. The number of rotatable bonds is 5. The minimum Gasteiger partial charge on any atom is -0.457 e. The molecule has 29 heavy (non-hydrogen) atoms. The van der Waals surface area contributed by atoms with Crippen LogP contribution in [0.15, 0.2) is 78.2 Å². The van der Waals surface area contributed by atoms with Gasteiger partial charge in [0.05, 0.1) is 11.3 Å². The van der Waals surface area contributed by atoms with Crippen molar-refractivity contribution in [3.63, 3.8) is 0 Å². The minimum absolute atomic E-state index is 0.252. The Bertz CT molecular complexity index is 1150. The molecular weight excluding hydrogens is 380 g/mol. The fourth-order valence-electron chi connectivity index (χ4n) is 2.89. The lowest BCUT2D eigenvalue weighted by Gasteiger charge is -2.10.